The van der Waals surface area contributed by atoms with Gasteiger partial charge >= 0.3 is 0 Å². The zero-order chi connectivity index (χ0) is 11.5. The number of nitrogens with one attached hydrogen (secondary N) is 1. The molecule has 2 aromatic heterocycles. The molecule has 1 N–H and O–H groups in total. The number of carbonyl (C=O) groups is 1. The molecule has 2 heterocycles. The molecule has 0 aliphatic rings. The largest absolute Gasteiger partial charge is 0.319 e. The lowest BCUT2D eigenvalue weighted by molar-refractivity contribution is 0.102. The van der Waals surface area contributed by atoms with Crippen LogP contribution in [0.2, 0.25) is 0 Å². The summed E-state index contributed by atoms with van der Waals surface area (Å²) in [5, 5.41) is 5.33. The van der Waals surface area contributed by atoms with E-state index in [0.29, 0.717) is 11.4 Å². The third kappa shape index (κ3) is 2.65. The number of aryl methyl sites for hydroxylation is 1. The lowest BCUT2D eigenvalue weighted by Gasteiger charge is -2.01. The van der Waals surface area contributed by atoms with Gasteiger partial charge < -0.3 is 5.32 Å². The molecule has 1 amide bonds. The Kier molecular flexibility index (Phi) is 3.31. The van der Waals surface area contributed by atoms with Crippen LogP contribution in [0.25, 0.3) is 0 Å². The summed E-state index contributed by atoms with van der Waals surface area (Å²) in [5.74, 6) is -0.214. The third-order valence-corrected chi connectivity index (χ3v) is 3.08. The van der Waals surface area contributed by atoms with E-state index in [0.717, 1.165) is 9.61 Å². The summed E-state index contributed by atoms with van der Waals surface area (Å²) in [5.41, 5.74) is 1.09. The van der Waals surface area contributed by atoms with E-state index in [1.165, 1.54) is 11.3 Å². The quantitative estimate of drug-likeness (QED) is 0.867. The van der Waals surface area contributed by atoms with Gasteiger partial charge in [0.15, 0.2) is 0 Å². The first-order chi connectivity index (χ1) is 7.65. The van der Waals surface area contributed by atoms with Crippen molar-refractivity contribution in [3.63, 3.8) is 0 Å². The maximum atomic E-state index is 11.7. The van der Waals surface area contributed by atoms with Crippen LogP contribution in [-0.2, 0) is 0 Å². The van der Waals surface area contributed by atoms with Crippen molar-refractivity contribution in [1.82, 2.24) is 9.97 Å². The summed E-state index contributed by atoms with van der Waals surface area (Å²) < 4.78 is 0.731. The van der Waals surface area contributed by atoms with E-state index in [1.54, 1.807) is 23.7 Å². The predicted octanol–water partition coefficient (Wildman–Crippen LogP) is 2.86. The summed E-state index contributed by atoms with van der Waals surface area (Å²) in [6.45, 7) is 1.86. The van der Waals surface area contributed by atoms with Crippen LogP contribution >= 0.6 is 27.3 Å². The van der Waals surface area contributed by atoms with Gasteiger partial charge in [-0.3, -0.25) is 4.79 Å². The number of carbonyl (C=O) groups excluding carboxylic acids is 1. The molecular weight excluding hydrogens is 290 g/mol. The van der Waals surface area contributed by atoms with Crippen LogP contribution in [0, 0.1) is 6.92 Å². The first-order valence-electron chi connectivity index (χ1n) is 4.50. The van der Waals surface area contributed by atoms with E-state index < -0.39 is 0 Å². The number of thiazole rings is 1. The normalized spacial score (nSPS) is 10.1. The molecule has 0 radical (unpaired) electrons. The van der Waals surface area contributed by atoms with Crippen molar-refractivity contribution < 1.29 is 4.79 Å². The molecule has 0 unspecified atom stereocenters. The number of pyridine rings is 1. The Labute approximate surface area is 105 Å². The second-order valence-corrected chi connectivity index (χ2v) is 4.95. The molecule has 82 valence electrons. The standard InChI is InChI=1S/C10H8BrN3OS/c1-6-13-8(5-16-6)10(15)14-7-2-3-9(11)12-4-7/h2-5H,1H3,(H,14,15). The number of hydrogen-bond donors (Lipinski definition) is 1. The van der Waals surface area contributed by atoms with Crippen molar-refractivity contribution in [3.05, 3.63) is 39.0 Å². The van der Waals surface area contributed by atoms with Crippen LogP contribution in [-0.4, -0.2) is 15.9 Å². The molecule has 0 saturated heterocycles. The Balaban J connectivity index is 2.10. The fraction of sp³-hybridized carbons (Fsp3) is 0.100. The Morgan fingerprint density at radius 3 is 2.88 bits per heavy atom. The van der Waals surface area contributed by atoms with Crippen LogP contribution in [0.15, 0.2) is 28.3 Å². The van der Waals surface area contributed by atoms with Crippen LogP contribution < -0.4 is 5.32 Å². The lowest BCUT2D eigenvalue weighted by Crippen LogP contribution is -2.12. The minimum atomic E-state index is -0.214. The van der Waals surface area contributed by atoms with Gasteiger partial charge in [-0.25, -0.2) is 9.97 Å². The van der Waals surface area contributed by atoms with Gasteiger partial charge in [-0.1, -0.05) is 0 Å². The van der Waals surface area contributed by atoms with E-state index in [4.69, 9.17) is 0 Å². The molecule has 0 saturated carbocycles. The van der Waals surface area contributed by atoms with E-state index >= 15 is 0 Å². The van der Waals surface area contributed by atoms with Gasteiger partial charge in [0.2, 0.25) is 0 Å². The van der Waals surface area contributed by atoms with Gasteiger partial charge in [0, 0.05) is 5.38 Å². The molecule has 0 aliphatic carbocycles. The van der Waals surface area contributed by atoms with Crippen molar-refractivity contribution in [2.24, 2.45) is 0 Å². The molecule has 0 spiro atoms. The van der Waals surface area contributed by atoms with Crippen molar-refractivity contribution >= 4 is 38.9 Å². The summed E-state index contributed by atoms with van der Waals surface area (Å²) in [4.78, 5) is 19.8. The Hall–Kier alpha value is -1.27. The van der Waals surface area contributed by atoms with E-state index in [1.807, 2.05) is 6.92 Å². The van der Waals surface area contributed by atoms with Crippen molar-refractivity contribution in [3.8, 4) is 0 Å². The van der Waals surface area contributed by atoms with Gasteiger partial charge in [0.25, 0.3) is 5.91 Å². The summed E-state index contributed by atoms with van der Waals surface area (Å²) in [6.07, 6.45) is 1.58. The van der Waals surface area contributed by atoms with Crippen LogP contribution in [0.5, 0.6) is 0 Å². The average Bonchev–Trinajstić information content (AvgIpc) is 2.68. The summed E-state index contributed by atoms with van der Waals surface area (Å²) in [6, 6.07) is 3.54. The van der Waals surface area contributed by atoms with Crippen molar-refractivity contribution in [2.45, 2.75) is 6.92 Å². The monoisotopic (exact) mass is 297 g/mol. The molecule has 6 heteroatoms. The first-order valence-corrected chi connectivity index (χ1v) is 6.17. The number of halogens is 1. The first kappa shape index (κ1) is 11.2. The predicted molar refractivity (Wildman–Crippen MR) is 66.7 cm³/mol. The number of aromatic nitrogens is 2. The molecule has 16 heavy (non-hydrogen) atoms. The van der Waals surface area contributed by atoms with E-state index in [9.17, 15) is 4.79 Å². The highest BCUT2D eigenvalue weighted by Crippen LogP contribution is 2.13. The highest BCUT2D eigenvalue weighted by atomic mass is 79.9. The molecule has 0 aromatic carbocycles. The molecule has 2 aromatic rings. The molecule has 0 atom stereocenters. The zero-order valence-corrected chi connectivity index (χ0v) is 10.8. The fourth-order valence-electron chi connectivity index (χ4n) is 1.11. The molecular formula is C10H8BrN3OS. The Morgan fingerprint density at radius 1 is 1.50 bits per heavy atom. The number of anilines is 1. The van der Waals surface area contributed by atoms with Crippen molar-refractivity contribution in [2.75, 3.05) is 5.32 Å². The fourth-order valence-corrected chi connectivity index (χ4v) is 1.94. The third-order valence-electron chi connectivity index (χ3n) is 1.84. The number of hydrogen-bond acceptors (Lipinski definition) is 4. The Morgan fingerprint density at radius 2 is 2.31 bits per heavy atom. The van der Waals surface area contributed by atoms with Gasteiger partial charge in [-0.05, 0) is 35.0 Å². The van der Waals surface area contributed by atoms with E-state index in [-0.39, 0.29) is 5.91 Å². The second kappa shape index (κ2) is 4.71. The van der Waals surface area contributed by atoms with Crippen LogP contribution in [0.3, 0.4) is 0 Å². The molecule has 0 fully saturated rings. The molecule has 4 nitrogen and oxygen atoms in total. The van der Waals surface area contributed by atoms with Gasteiger partial charge in [0.05, 0.1) is 16.9 Å². The summed E-state index contributed by atoms with van der Waals surface area (Å²) in [7, 11) is 0. The summed E-state index contributed by atoms with van der Waals surface area (Å²) >= 11 is 4.68. The van der Waals surface area contributed by atoms with Gasteiger partial charge in [-0.15, -0.1) is 11.3 Å². The van der Waals surface area contributed by atoms with Crippen LogP contribution in [0.1, 0.15) is 15.5 Å². The number of rotatable bonds is 2. The van der Waals surface area contributed by atoms with Gasteiger partial charge in [-0.2, -0.15) is 0 Å². The topological polar surface area (TPSA) is 54.9 Å². The Bertz CT molecular complexity index is 509. The number of amides is 1. The molecule has 0 aliphatic heterocycles. The molecule has 2 rings (SSSR count). The average molecular weight is 298 g/mol. The smallest absolute Gasteiger partial charge is 0.275 e. The van der Waals surface area contributed by atoms with E-state index in [2.05, 4.69) is 31.2 Å². The minimum absolute atomic E-state index is 0.214. The van der Waals surface area contributed by atoms with Crippen molar-refractivity contribution in [1.29, 1.82) is 0 Å². The highest BCUT2D eigenvalue weighted by molar-refractivity contribution is 9.10. The second-order valence-electron chi connectivity index (χ2n) is 3.08. The van der Waals surface area contributed by atoms with Crippen LogP contribution in [0.4, 0.5) is 5.69 Å². The van der Waals surface area contributed by atoms with Gasteiger partial charge in [0.1, 0.15) is 10.3 Å². The molecule has 0 bridgehead atoms. The minimum Gasteiger partial charge on any atom is -0.319 e. The maximum absolute atomic E-state index is 11.7. The highest BCUT2D eigenvalue weighted by Gasteiger charge is 2.09. The zero-order valence-electron chi connectivity index (χ0n) is 8.40. The maximum Gasteiger partial charge on any atom is 0.275 e. The lowest BCUT2D eigenvalue weighted by atomic mass is 10.4. The SMILES string of the molecule is Cc1nc(C(=O)Nc2ccc(Br)nc2)cs1. The number of nitrogens with zero attached hydrogens (tertiary/aromatic N) is 2.